The van der Waals surface area contributed by atoms with Gasteiger partial charge in [0.25, 0.3) is 0 Å². The van der Waals surface area contributed by atoms with Crippen molar-refractivity contribution in [2.45, 2.75) is 12.5 Å². The van der Waals surface area contributed by atoms with Gasteiger partial charge in [0, 0.05) is 19.2 Å². The van der Waals surface area contributed by atoms with Crippen molar-refractivity contribution >= 4 is 45.1 Å². The van der Waals surface area contributed by atoms with E-state index in [1.165, 1.54) is 24.1 Å². The van der Waals surface area contributed by atoms with Crippen LogP contribution in [0.5, 0.6) is 5.75 Å². The number of benzene rings is 3. The van der Waals surface area contributed by atoms with Crippen LogP contribution in [-0.4, -0.2) is 40.6 Å². The Labute approximate surface area is 209 Å². The smallest absolute Gasteiger partial charge is 0.330 e. The van der Waals surface area contributed by atoms with Gasteiger partial charge in [0.05, 0.1) is 17.8 Å². The Bertz CT molecular complexity index is 1270. The lowest BCUT2D eigenvalue weighted by molar-refractivity contribution is -0.120. The molecule has 0 aromatic heterocycles. The molecule has 3 amide bonds. The first-order valence-electron chi connectivity index (χ1n) is 10.5. The van der Waals surface area contributed by atoms with E-state index in [-0.39, 0.29) is 17.1 Å². The number of rotatable bonds is 9. The fourth-order valence-corrected chi connectivity index (χ4v) is 4.30. The zero-order valence-electron chi connectivity index (χ0n) is 19.1. The largest absolute Gasteiger partial charge is 0.497 e. The molecule has 0 heterocycles. The first-order chi connectivity index (χ1) is 16.7. The third-order valence-corrected chi connectivity index (χ3v) is 6.29. The number of nitrogens with zero attached hydrogens (tertiary/aromatic N) is 1. The molecule has 3 rings (SSSR count). The molecule has 11 heteroatoms. The number of methoxy groups -OCH3 is 1. The van der Waals surface area contributed by atoms with Gasteiger partial charge in [0.1, 0.15) is 11.8 Å². The molecular weight excluding hydrogens is 492 g/mol. The number of ether oxygens (including phenoxy) is 1. The summed E-state index contributed by atoms with van der Waals surface area (Å²) in [5, 5.41) is 2.64. The number of nitrogens with one attached hydrogen (secondary N) is 3. The number of halogens is 1. The molecular formula is C24H25ClN4O5S. The molecule has 0 radical (unpaired) electrons. The number of carbonyl (C=O) groups excluding carboxylic acids is 2. The van der Waals surface area contributed by atoms with Crippen molar-refractivity contribution in [3.63, 3.8) is 0 Å². The summed E-state index contributed by atoms with van der Waals surface area (Å²) in [4.78, 5) is 27.3. The molecule has 0 saturated heterocycles. The third kappa shape index (κ3) is 7.36. The van der Waals surface area contributed by atoms with E-state index in [1.54, 1.807) is 43.4 Å². The van der Waals surface area contributed by atoms with Crippen molar-refractivity contribution < 1.29 is 22.7 Å². The second kappa shape index (κ2) is 11.6. The minimum Gasteiger partial charge on any atom is -0.497 e. The van der Waals surface area contributed by atoms with E-state index >= 15 is 0 Å². The van der Waals surface area contributed by atoms with E-state index in [2.05, 4.69) is 10.0 Å². The van der Waals surface area contributed by atoms with Crippen LogP contribution in [0.25, 0.3) is 0 Å². The summed E-state index contributed by atoms with van der Waals surface area (Å²) in [5.41, 5.74) is 1.46. The summed E-state index contributed by atoms with van der Waals surface area (Å²) in [6, 6.07) is 19.9. The molecule has 0 spiro atoms. The molecule has 0 bridgehead atoms. The lowest BCUT2D eigenvalue weighted by atomic mass is 10.0. The SMILES string of the molecule is COc1ccc(N(C)C(=O)C(Cc2ccccc2)NC(=O)NS(=O)(=O)Nc2ccccc2Cl)cc1. The summed E-state index contributed by atoms with van der Waals surface area (Å²) in [6.07, 6.45) is 0.144. The van der Waals surface area contributed by atoms with Crippen LogP contribution >= 0.6 is 11.6 Å². The monoisotopic (exact) mass is 516 g/mol. The minimum absolute atomic E-state index is 0.102. The van der Waals surface area contributed by atoms with Gasteiger partial charge in [-0.1, -0.05) is 54.1 Å². The summed E-state index contributed by atoms with van der Waals surface area (Å²) in [7, 11) is -1.21. The number of hydrogen-bond donors (Lipinski definition) is 3. The van der Waals surface area contributed by atoms with Crippen LogP contribution < -0.4 is 24.4 Å². The number of para-hydroxylation sites is 1. The van der Waals surface area contributed by atoms with E-state index in [4.69, 9.17) is 16.3 Å². The molecule has 3 aromatic rings. The van der Waals surface area contributed by atoms with E-state index in [0.717, 1.165) is 5.56 Å². The van der Waals surface area contributed by atoms with Crippen LogP contribution in [-0.2, 0) is 21.4 Å². The fourth-order valence-electron chi connectivity index (χ4n) is 3.24. The van der Waals surface area contributed by atoms with Gasteiger partial charge in [-0.2, -0.15) is 8.42 Å². The molecule has 0 saturated carbocycles. The lowest BCUT2D eigenvalue weighted by Crippen LogP contribution is -2.53. The van der Waals surface area contributed by atoms with Crippen LogP contribution in [0.4, 0.5) is 16.2 Å². The minimum atomic E-state index is -4.32. The number of anilines is 2. The van der Waals surface area contributed by atoms with Crippen LogP contribution in [0, 0.1) is 0 Å². The zero-order valence-corrected chi connectivity index (χ0v) is 20.6. The predicted molar refractivity (Wildman–Crippen MR) is 136 cm³/mol. The number of carbonyl (C=O) groups is 2. The quantitative estimate of drug-likeness (QED) is 0.402. The average Bonchev–Trinajstić information content (AvgIpc) is 2.84. The maximum atomic E-state index is 13.3. The number of likely N-dealkylation sites (N-methyl/N-ethyl adjacent to an activating group) is 1. The summed E-state index contributed by atoms with van der Waals surface area (Å²) >= 11 is 5.98. The Hall–Kier alpha value is -3.76. The average molecular weight is 517 g/mol. The third-order valence-electron chi connectivity index (χ3n) is 5.02. The van der Waals surface area contributed by atoms with Crippen molar-refractivity contribution in [1.29, 1.82) is 0 Å². The van der Waals surface area contributed by atoms with Gasteiger partial charge in [-0.25, -0.2) is 9.52 Å². The fraction of sp³-hybridized carbons (Fsp3) is 0.167. The molecule has 184 valence electrons. The Morgan fingerprint density at radius 1 is 0.971 bits per heavy atom. The van der Waals surface area contributed by atoms with E-state index in [0.29, 0.717) is 11.4 Å². The highest BCUT2D eigenvalue weighted by molar-refractivity contribution is 7.91. The Kier molecular flexibility index (Phi) is 8.56. The molecule has 0 aliphatic carbocycles. The molecule has 3 aromatic carbocycles. The molecule has 0 aliphatic heterocycles. The highest BCUT2D eigenvalue weighted by Crippen LogP contribution is 2.21. The van der Waals surface area contributed by atoms with Crippen molar-refractivity contribution in [3.8, 4) is 5.75 Å². The molecule has 0 fully saturated rings. The molecule has 1 unspecified atom stereocenters. The Morgan fingerprint density at radius 2 is 1.60 bits per heavy atom. The van der Waals surface area contributed by atoms with Crippen molar-refractivity contribution in [2.75, 3.05) is 23.8 Å². The number of hydrogen-bond acceptors (Lipinski definition) is 5. The van der Waals surface area contributed by atoms with Gasteiger partial charge in [-0.15, -0.1) is 0 Å². The van der Waals surface area contributed by atoms with E-state index < -0.39 is 28.2 Å². The highest BCUT2D eigenvalue weighted by atomic mass is 35.5. The van der Waals surface area contributed by atoms with Crippen molar-refractivity contribution in [3.05, 3.63) is 89.4 Å². The maximum absolute atomic E-state index is 13.3. The van der Waals surface area contributed by atoms with Crippen molar-refractivity contribution in [1.82, 2.24) is 10.0 Å². The summed E-state index contributed by atoms with van der Waals surface area (Å²) in [6.45, 7) is 0. The zero-order chi connectivity index (χ0) is 25.4. The van der Waals surface area contributed by atoms with E-state index in [9.17, 15) is 18.0 Å². The van der Waals surface area contributed by atoms with Gasteiger partial charge >= 0.3 is 16.2 Å². The summed E-state index contributed by atoms with van der Waals surface area (Å²) < 4.78 is 34.1. The first-order valence-corrected chi connectivity index (χ1v) is 12.4. The maximum Gasteiger partial charge on any atom is 0.330 e. The van der Waals surface area contributed by atoms with Gasteiger partial charge in [-0.3, -0.25) is 9.52 Å². The topological polar surface area (TPSA) is 117 Å². The number of urea groups is 1. The Morgan fingerprint density at radius 3 is 2.23 bits per heavy atom. The van der Waals surface area contributed by atoms with Crippen LogP contribution in [0.1, 0.15) is 5.56 Å². The lowest BCUT2D eigenvalue weighted by Gasteiger charge is -2.25. The van der Waals surface area contributed by atoms with E-state index in [1.807, 2.05) is 35.1 Å². The van der Waals surface area contributed by atoms with Crippen LogP contribution in [0.15, 0.2) is 78.9 Å². The van der Waals surface area contributed by atoms with Crippen LogP contribution in [0.2, 0.25) is 5.02 Å². The molecule has 1 atom stereocenters. The standard InChI is InChI=1S/C24H25ClN4O5S/c1-29(18-12-14-19(34-2)15-13-18)23(30)22(16-17-8-4-3-5-9-17)26-24(31)28-35(32,33)27-21-11-7-6-10-20(21)25/h3-15,22,27H,16H2,1-2H3,(H2,26,28,31). The van der Waals surface area contributed by atoms with Crippen LogP contribution in [0.3, 0.4) is 0 Å². The number of amides is 3. The molecule has 0 aliphatic rings. The predicted octanol–water partition coefficient (Wildman–Crippen LogP) is 3.58. The van der Waals surface area contributed by atoms with Gasteiger partial charge in [0.15, 0.2) is 0 Å². The van der Waals surface area contributed by atoms with Gasteiger partial charge < -0.3 is 15.0 Å². The molecule has 3 N–H and O–H groups in total. The van der Waals surface area contributed by atoms with Gasteiger partial charge in [0.2, 0.25) is 5.91 Å². The Balaban J connectivity index is 1.76. The second-order valence-corrected chi connectivity index (χ2v) is 9.32. The second-order valence-electron chi connectivity index (χ2n) is 7.50. The first kappa shape index (κ1) is 25.9. The highest BCUT2D eigenvalue weighted by Gasteiger charge is 2.27. The van der Waals surface area contributed by atoms with Crippen molar-refractivity contribution in [2.24, 2.45) is 0 Å². The summed E-state index contributed by atoms with van der Waals surface area (Å²) in [5.74, 6) is 0.190. The normalized spacial score (nSPS) is 11.7. The molecule has 35 heavy (non-hydrogen) atoms. The van der Waals surface area contributed by atoms with Gasteiger partial charge in [-0.05, 0) is 42.0 Å². The molecule has 9 nitrogen and oxygen atoms in total.